The molecule has 0 aliphatic carbocycles. The van der Waals surface area contributed by atoms with Gasteiger partial charge in [-0.3, -0.25) is 4.90 Å². The van der Waals surface area contributed by atoms with E-state index < -0.39 is 0 Å². The molecule has 0 saturated heterocycles. The lowest BCUT2D eigenvalue weighted by atomic mass is 10.2. The first-order valence-electron chi connectivity index (χ1n) is 8.07. The van der Waals surface area contributed by atoms with Crippen LogP contribution in [0.5, 0.6) is 5.75 Å². The molecule has 25 heavy (non-hydrogen) atoms. The number of hydrogen-bond acceptors (Lipinski definition) is 5. The van der Waals surface area contributed by atoms with Gasteiger partial charge in [0.25, 0.3) is 0 Å². The zero-order chi connectivity index (χ0) is 17.6. The Balaban J connectivity index is 1.51. The third-order valence-corrected chi connectivity index (χ3v) is 4.07. The normalized spacial score (nSPS) is 11.0. The smallest absolute Gasteiger partial charge is 0.249 e. The van der Waals surface area contributed by atoms with Gasteiger partial charge in [0.05, 0.1) is 17.1 Å². The van der Waals surface area contributed by atoms with Crippen LogP contribution >= 0.6 is 11.6 Å². The van der Waals surface area contributed by atoms with Crippen LogP contribution < -0.4 is 4.74 Å². The average Bonchev–Trinajstić information content (AvgIpc) is 3.05. The van der Waals surface area contributed by atoms with E-state index in [4.69, 9.17) is 20.8 Å². The fraction of sp³-hybridized carbons (Fsp3) is 0.263. The van der Waals surface area contributed by atoms with Crippen molar-refractivity contribution in [1.82, 2.24) is 15.1 Å². The summed E-state index contributed by atoms with van der Waals surface area (Å²) in [6.07, 6.45) is 0. The largest absolute Gasteiger partial charge is 0.492 e. The van der Waals surface area contributed by atoms with Crippen LogP contribution in [0, 0.1) is 6.92 Å². The number of nitrogens with zero attached hydrogens (tertiary/aromatic N) is 3. The van der Waals surface area contributed by atoms with Gasteiger partial charge in [0.1, 0.15) is 12.4 Å². The van der Waals surface area contributed by atoms with Gasteiger partial charge in [-0.25, -0.2) is 0 Å². The molecule has 0 amide bonds. The van der Waals surface area contributed by atoms with Crippen LogP contribution in [-0.2, 0) is 6.54 Å². The Labute approximate surface area is 152 Å². The minimum atomic E-state index is 0.435. The predicted molar refractivity (Wildman–Crippen MR) is 97.8 cm³/mol. The molecule has 0 atom stereocenters. The van der Waals surface area contributed by atoms with E-state index in [1.165, 1.54) is 5.56 Å². The lowest BCUT2D eigenvalue weighted by molar-refractivity contribution is 0.220. The molecule has 0 unspecified atom stereocenters. The van der Waals surface area contributed by atoms with Crippen molar-refractivity contribution < 1.29 is 9.15 Å². The molecular weight excluding hydrogens is 338 g/mol. The number of likely N-dealkylation sites (N-methyl/N-ethyl adjacent to an activating group) is 1. The molecule has 0 aliphatic heterocycles. The molecule has 2 aromatic carbocycles. The summed E-state index contributed by atoms with van der Waals surface area (Å²) in [7, 11) is 1.98. The first-order valence-corrected chi connectivity index (χ1v) is 8.45. The summed E-state index contributed by atoms with van der Waals surface area (Å²) in [5.74, 6) is 1.86. The van der Waals surface area contributed by atoms with Crippen LogP contribution in [0.3, 0.4) is 0 Å². The fourth-order valence-corrected chi connectivity index (χ4v) is 2.54. The van der Waals surface area contributed by atoms with E-state index in [2.05, 4.69) is 22.0 Å². The summed E-state index contributed by atoms with van der Waals surface area (Å²) < 4.78 is 11.4. The van der Waals surface area contributed by atoms with Crippen molar-refractivity contribution in [2.45, 2.75) is 13.5 Å². The summed E-state index contributed by atoms with van der Waals surface area (Å²) in [6, 6.07) is 15.4. The summed E-state index contributed by atoms with van der Waals surface area (Å²) in [4.78, 5) is 2.07. The van der Waals surface area contributed by atoms with Crippen LogP contribution in [0.2, 0.25) is 5.02 Å². The second kappa shape index (κ2) is 8.14. The first-order chi connectivity index (χ1) is 12.1. The van der Waals surface area contributed by atoms with Crippen LogP contribution in [-0.4, -0.2) is 35.3 Å². The minimum absolute atomic E-state index is 0.435. The SMILES string of the molecule is Cc1ccc(OCCN(C)Cc2nnc(-c3ccccc3Cl)o2)cc1. The van der Waals surface area contributed by atoms with Crippen molar-refractivity contribution in [3.8, 4) is 17.2 Å². The van der Waals surface area contributed by atoms with Crippen molar-refractivity contribution in [1.29, 1.82) is 0 Å². The lowest BCUT2D eigenvalue weighted by Crippen LogP contribution is -2.24. The number of rotatable bonds is 7. The Morgan fingerprint density at radius 3 is 2.60 bits per heavy atom. The third-order valence-electron chi connectivity index (χ3n) is 3.74. The van der Waals surface area contributed by atoms with E-state index in [0.29, 0.717) is 30.0 Å². The number of hydrogen-bond donors (Lipinski definition) is 0. The van der Waals surface area contributed by atoms with Gasteiger partial charge in [-0.15, -0.1) is 10.2 Å². The zero-order valence-corrected chi connectivity index (χ0v) is 15.0. The quantitative estimate of drug-likeness (QED) is 0.634. The van der Waals surface area contributed by atoms with Crippen molar-refractivity contribution in [3.63, 3.8) is 0 Å². The third kappa shape index (κ3) is 4.81. The van der Waals surface area contributed by atoms with E-state index in [-0.39, 0.29) is 0 Å². The predicted octanol–water partition coefficient (Wildman–Crippen LogP) is 4.21. The number of ether oxygens (including phenoxy) is 1. The highest BCUT2D eigenvalue weighted by atomic mass is 35.5. The van der Waals surface area contributed by atoms with E-state index in [1.807, 2.05) is 49.5 Å². The van der Waals surface area contributed by atoms with Gasteiger partial charge in [-0.1, -0.05) is 41.4 Å². The van der Waals surface area contributed by atoms with Gasteiger partial charge in [-0.05, 0) is 38.2 Å². The molecule has 1 heterocycles. The number of halogens is 1. The number of benzene rings is 2. The van der Waals surface area contributed by atoms with E-state index >= 15 is 0 Å². The highest BCUT2D eigenvalue weighted by Gasteiger charge is 2.12. The Morgan fingerprint density at radius 1 is 1.08 bits per heavy atom. The highest BCUT2D eigenvalue weighted by molar-refractivity contribution is 6.33. The highest BCUT2D eigenvalue weighted by Crippen LogP contribution is 2.26. The van der Waals surface area contributed by atoms with Gasteiger partial charge in [0.15, 0.2) is 0 Å². The summed E-state index contributed by atoms with van der Waals surface area (Å²) in [5, 5.41) is 8.76. The molecule has 130 valence electrons. The van der Waals surface area contributed by atoms with Crippen molar-refractivity contribution in [3.05, 3.63) is 65.0 Å². The van der Waals surface area contributed by atoms with E-state index in [0.717, 1.165) is 17.9 Å². The maximum atomic E-state index is 6.16. The Morgan fingerprint density at radius 2 is 1.84 bits per heavy atom. The van der Waals surface area contributed by atoms with Gasteiger partial charge in [0, 0.05) is 6.54 Å². The van der Waals surface area contributed by atoms with Gasteiger partial charge < -0.3 is 9.15 Å². The summed E-state index contributed by atoms with van der Waals surface area (Å²) in [5.41, 5.74) is 1.96. The maximum Gasteiger partial charge on any atom is 0.249 e. The second-order valence-corrected chi connectivity index (χ2v) is 6.29. The van der Waals surface area contributed by atoms with Gasteiger partial charge in [-0.2, -0.15) is 0 Å². The molecule has 0 aliphatic rings. The van der Waals surface area contributed by atoms with Crippen molar-refractivity contribution in [2.75, 3.05) is 20.2 Å². The Hall–Kier alpha value is -2.37. The molecule has 3 rings (SSSR count). The van der Waals surface area contributed by atoms with E-state index in [1.54, 1.807) is 6.07 Å². The Bertz CT molecular complexity index is 818. The lowest BCUT2D eigenvalue weighted by Gasteiger charge is -2.14. The second-order valence-electron chi connectivity index (χ2n) is 5.88. The molecule has 0 radical (unpaired) electrons. The standard InChI is InChI=1S/C19H20ClN3O2/c1-14-7-9-15(10-8-14)24-12-11-23(2)13-18-21-22-19(25-18)16-5-3-4-6-17(16)20/h3-10H,11-13H2,1-2H3. The Kier molecular flexibility index (Phi) is 5.68. The van der Waals surface area contributed by atoms with Crippen LogP contribution in [0.4, 0.5) is 0 Å². The molecule has 0 bridgehead atoms. The topological polar surface area (TPSA) is 51.4 Å². The van der Waals surface area contributed by atoms with E-state index in [9.17, 15) is 0 Å². The van der Waals surface area contributed by atoms with Gasteiger partial charge >= 0.3 is 0 Å². The van der Waals surface area contributed by atoms with Crippen LogP contribution in [0.15, 0.2) is 52.9 Å². The zero-order valence-electron chi connectivity index (χ0n) is 14.3. The molecule has 3 aromatic rings. The number of aryl methyl sites for hydroxylation is 1. The maximum absolute atomic E-state index is 6.16. The van der Waals surface area contributed by atoms with Crippen molar-refractivity contribution >= 4 is 11.6 Å². The van der Waals surface area contributed by atoms with Crippen molar-refractivity contribution in [2.24, 2.45) is 0 Å². The fourth-order valence-electron chi connectivity index (χ4n) is 2.32. The monoisotopic (exact) mass is 357 g/mol. The summed E-state index contributed by atoms with van der Waals surface area (Å²) in [6.45, 7) is 3.94. The van der Waals surface area contributed by atoms with Crippen LogP contribution in [0.25, 0.3) is 11.5 Å². The molecular formula is C19H20ClN3O2. The molecule has 0 spiro atoms. The average molecular weight is 358 g/mol. The molecule has 0 saturated carbocycles. The molecule has 0 N–H and O–H groups in total. The summed E-state index contributed by atoms with van der Waals surface area (Å²) >= 11 is 6.16. The van der Waals surface area contributed by atoms with Gasteiger partial charge in [0.2, 0.25) is 11.8 Å². The molecule has 6 heteroatoms. The molecule has 1 aromatic heterocycles. The molecule has 5 nitrogen and oxygen atoms in total. The molecule has 0 fully saturated rings. The number of aromatic nitrogens is 2. The minimum Gasteiger partial charge on any atom is -0.492 e. The first kappa shape index (κ1) is 17.5. The van der Waals surface area contributed by atoms with Crippen LogP contribution in [0.1, 0.15) is 11.5 Å².